The van der Waals surface area contributed by atoms with E-state index >= 15 is 0 Å². The molecule has 1 aliphatic rings. The summed E-state index contributed by atoms with van der Waals surface area (Å²) in [4.78, 5) is 13.2. The van der Waals surface area contributed by atoms with Crippen LogP contribution in [0.1, 0.15) is 49.5 Å². The Kier molecular flexibility index (Phi) is 4.93. The van der Waals surface area contributed by atoms with E-state index in [1.165, 1.54) is 37.0 Å². The fraction of sp³-hybridized carbons (Fsp3) is 0.667. The maximum Gasteiger partial charge on any atom is 0.273 e. The number of hydrogen-bond acceptors (Lipinski definition) is 4. The Balaban J connectivity index is 1.94. The first-order chi connectivity index (χ1) is 9.58. The quantitative estimate of drug-likeness (QED) is 0.918. The number of carbonyl (C=O) groups excluding carboxylic acids is 1. The summed E-state index contributed by atoms with van der Waals surface area (Å²) in [5.41, 5.74) is 0.380. The summed E-state index contributed by atoms with van der Waals surface area (Å²) in [7, 11) is 3.42. The molecule has 1 heterocycles. The average Bonchev–Trinajstić information content (AvgIpc) is 2.48. The lowest BCUT2D eigenvalue weighted by Crippen LogP contribution is -2.28. The van der Waals surface area contributed by atoms with Crippen molar-refractivity contribution in [1.82, 2.24) is 15.1 Å². The Morgan fingerprint density at radius 1 is 1.25 bits per heavy atom. The number of amides is 1. The molecular weight excluding hydrogens is 252 g/mol. The lowest BCUT2D eigenvalue weighted by atomic mass is 9.84. The molecule has 2 rings (SSSR count). The number of carbonyl (C=O) groups is 1. The van der Waals surface area contributed by atoms with Crippen molar-refractivity contribution < 1.29 is 4.79 Å². The molecule has 1 aromatic rings. The van der Waals surface area contributed by atoms with Gasteiger partial charge >= 0.3 is 0 Å². The van der Waals surface area contributed by atoms with E-state index in [2.05, 4.69) is 22.4 Å². The SMILES string of the molecule is CC(Nc1ccc(C(=O)N(C)C)nn1)C1CCCCC1. The number of rotatable bonds is 4. The minimum atomic E-state index is -0.121. The van der Waals surface area contributed by atoms with Crippen molar-refractivity contribution in [1.29, 1.82) is 0 Å². The summed E-state index contributed by atoms with van der Waals surface area (Å²) < 4.78 is 0. The normalized spacial score (nSPS) is 17.6. The van der Waals surface area contributed by atoms with Gasteiger partial charge in [0.25, 0.3) is 5.91 Å². The summed E-state index contributed by atoms with van der Waals surface area (Å²) in [5.74, 6) is 1.34. The van der Waals surface area contributed by atoms with Gasteiger partial charge in [0.05, 0.1) is 0 Å². The zero-order chi connectivity index (χ0) is 14.5. The molecule has 0 saturated heterocycles. The molecule has 0 aliphatic heterocycles. The van der Waals surface area contributed by atoms with E-state index < -0.39 is 0 Å². The van der Waals surface area contributed by atoms with E-state index in [-0.39, 0.29) is 5.91 Å². The Morgan fingerprint density at radius 3 is 2.50 bits per heavy atom. The third kappa shape index (κ3) is 3.68. The Morgan fingerprint density at radius 2 is 1.95 bits per heavy atom. The number of anilines is 1. The monoisotopic (exact) mass is 276 g/mol. The van der Waals surface area contributed by atoms with Crippen molar-refractivity contribution in [3.8, 4) is 0 Å². The number of aromatic nitrogens is 2. The van der Waals surface area contributed by atoms with Crippen molar-refractivity contribution in [3.63, 3.8) is 0 Å². The van der Waals surface area contributed by atoms with E-state index in [9.17, 15) is 4.79 Å². The second kappa shape index (κ2) is 6.68. The summed E-state index contributed by atoms with van der Waals surface area (Å²) in [6, 6.07) is 3.97. The molecule has 0 radical (unpaired) electrons. The fourth-order valence-electron chi connectivity index (χ4n) is 2.74. The van der Waals surface area contributed by atoms with Gasteiger partial charge in [-0.3, -0.25) is 4.79 Å². The second-order valence-corrected chi connectivity index (χ2v) is 5.83. The van der Waals surface area contributed by atoms with Gasteiger partial charge in [0, 0.05) is 20.1 Å². The minimum absolute atomic E-state index is 0.121. The van der Waals surface area contributed by atoms with Crippen LogP contribution in [0.5, 0.6) is 0 Å². The minimum Gasteiger partial charge on any atom is -0.366 e. The van der Waals surface area contributed by atoms with Gasteiger partial charge in [0.2, 0.25) is 0 Å². The van der Waals surface area contributed by atoms with Gasteiger partial charge < -0.3 is 10.2 Å². The Hall–Kier alpha value is -1.65. The van der Waals surface area contributed by atoms with Crippen LogP contribution in [0.2, 0.25) is 0 Å². The van der Waals surface area contributed by atoms with Crippen LogP contribution in [-0.4, -0.2) is 41.1 Å². The average molecular weight is 276 g/mol. The molecule has 20 heavy (non-hydrogen) atoms. The summed E-state index contributed by atoms with van der Waals surface area (Å²) in [6.07, 6.45) is 6.61. The van der Waals surface area contributed by atoms with Gasteiger partial charge in [-0.05, 0) is 37.8 Å². The smallest absolute Gasteiger partial charge is 0.273 e. The number of nitrogens with one attached hydrogen (secondary N) is 1. The molecular formula is C15H24N4O. The van der Waals surface area contributed by atoms with Crippen LogP contribution in [0.4, 0.5) is 5.82 Å². The van der Waals surface area contributed by atoms with Gasteiger partial charge in [-0.15, -0.1) is 10.2 Å². The van der Waals surface area contributed by atoms with Gasteiger partial charge in [0.1, 0.15) is 5.82 Å². The third-order valence-electron chi connectivity index (χ3n) is 4.02. The van der Waals surface area contributed by atoms with Crippen molar-refractivity contribution in [2.75, 3.05) is 19.4 Å². The van der Waals surface area contributed by atoms with Crippen LogP contribution in [0, 0.1) is 5.92 Å². The highest BCUT2D eigenvalue weighted by atomic mass is 16.2. The molecule has 1 fully saturated rings. The summed E-state index contributed by atoms with van der Waals surface area (Å²) >= 11 is 0. The predicted octanol–water partition coefficient (Wildman–Crippen LogP) is 2.56. The molecule has 1 aliphatic carbocycles. The molecule has 5 heteroatoms. The van der Waals surface area contributed by atoms with Crippen LogP contribution in [0.15, 0.2) is 12.1 Å². The van der Waals surface area contributed by atoms with Crippen LogP contribution < -0.4 is 5.32 Å². The van der Waals surface area contributed by atoms with Crippen molar-refractivity contribution in [2.45, 2.75) is 45.1 Å². The molecule has 1 saturated carbocycles. The molecule has 1 aromatic heterocycles. The lowest BCUT2D eigenvalue weighted by Gasteiger charge is -2.28. The van der Waals surface area contributed by atoms with E-state index in [4.69, 9.17) is 0 Å². The first kappa shape index (κ1) is 14.8. The second-order valence-electron chi connectivity index (χ2n) is 5.83. The zero-order valence-corrected chi connectivity index (χ0v) is 12.6. The van der Waals surface area contributed by atoms with E-state index in [1.54, 1.807) is 20.2 Å². The van der Waals surface area contributed by atoms with Gasteiger partial charge in [-0.1, -0.05) is 19.3 Å². The zero-order valence-electron chi connectivity index (χ0n) is 12.6. The first-order valence-corrected chi connectivity index (χ1v) is 7.40. The molecule has 0 spiro atoms. The third-order valence-corrected chi connectivity index (χ3v) is 4.02. The van der Waals surface area contributed by atoms with Crippen LogP contribution >= 0.6 is 0 Å². The fourth-order valence-corrected chi connectivity index (χ4v) is 2.74. The maximum atomic E-state index is 11.7. The molecule has 1 amide bonds. The standard InChI is InChI=1S/C15H24N4O/c1-11(12-7-5-4-6-8-12)16-14-10-9-13(17-18-14)15(20)19(2)3/h9-12H,4-8H2,1-3H3,(H,16,18). The van der Waals surface area contributed by atoms with Gasteiger partial charge in [-0.25, -0.2) is 0 Å². The number of nitrogens with zero attached hydrogens (tertiary/aromatic N) is 3. The number of hydrogen-bond donors (Lipinski definition) is 1. The lowest BCUT2D eigenvalue weighted by molar-refractivity contribution is 0.0821. The first-order valence-electron chi connectivity index (χ1n) is 7.40. The predicted molar refractivity (Wildman–Crippen MR) is 79.7 cm³/mol. The van der Waals surface area contributed by atoms with Crippen molar-refractivity contribution in [3.05, 3.63) is 17.8 Å². The summed E-state index contributed by atoms with van der Waals surface area (Å²) in [5, 5.41) is 11.5. The highest BCUT2D eigenvalue weighted by Gasteiger charge is 2.20. The highest BCUT2D eigenvalue weighted by Crippen LogP contribution is 2.27. The van der Waals surface area contributed by atoms with Crippen molar-refractivity contribution >= 4 is 11.7 Å². The Bertz CT molecular complexity index is 438. The maximum absolute atomic E-state index is 11.7. The van der Waals surface area contributed by atoms with Gasteiger partial charge in [-0.2, -0.15) is 0 Å². The topological polar surface area (TPSA) is 58.1 Å². The summed E-state index contributed by atoms with van der Waals surface area (Å²) in [6.45, 7) is 2.20. The molecule has 110 valence electrons. The van der Waals surface area contributed by atoms with Gasteiger partial charge in [0.15, 0.2) is 5.69 Å². The highest BCUT2D eigenvalue weighted by molar-refractivity contribution is 5.91. The van der Waals surface area contributed by atoms with Crippen LogP contribution in [0.25, 0.3) is 0 Å². The van der Waals surface area contributed by atoms with Crippen LogP contribution in [-0.2, 0) is 0 Å². The molecule has 1 unspecified atom stereocenters. The largest absolute Gasteiger partial charge is 0.366 e. The van der Waals surface area contributed by atoms with Crippen molar-refractivity contribution in [2.24, 2.45) is 5.92 Å². The molecule has 1 N–H and O–H groups in total. The van der Waals surface area contributed by atoms with Crippen LogP contribution in [0.3, 0.4) is 0 Å². The van der Waals surface area contributed by atoms with E-state index in [0.717, 1.165) is 5.82 Å². The molecule has 1 atom stereocenters. The molecule has 0 bridgehead atoms. The molecule has 0 aromatic carbocycles. The molecule has 5 nitrogen and oxygen atoms in total. The Labute approximate surface area is 120 Å². The van der Waals surface area contributed by atoms with E-state index in [0.29, 0.717) is 17.7 Å². The van der Waals surface area contributed by atoms with E-state index in [1.807, 2.05) is 6.07 Å².